The first-order valence-corrected chi connectivity index (χ1v) is 7.25. The Morgan fingerprint density at radius 1 is 1.16 bits per heavy atom. The maximum absolute atomic E-state index is 9.90. The van der Waals surface area contributed by atoms with Crippen LogP contribution in [0, 0.1) is 0 Å². The van der Waals surface area contributed by atoms with Gasteiger partial charge in [0, 0.05) is 12.6 Å². The Bertz CT molecular complexity index is 329. The molecule has 0 unspecified atom stereocenters. The van der Waals surface area contributed by atoms with E-state index in [9.17, 15) is 5.11 Å². The van der Waals surface area contributed by atoms with Crippen molar-refractivity contribution in [2.45, 2.75) is 51.9 Å². The van der Waals surface area contributed by atoms with Crippen molar-refractivity contribution >= 4 is 0 Å². The number of aliphatic hydroxyl groups excluding tert-OH is 1. The standard InChI is InChI=1S/C16H27NO2/c1-4-13(3)17-11-15(18)12-19-16(5-2)14-9-7-6-8-10-14/h6-10,13,15-18H,4-5,11-12H2,1-3H3/t13-,15-,16+/m0/s1. The summed E-state index contributed by atoms with van der Waals surface area (Å²) < 4.78 is 5.82. The van der Waals surface area contributed by atoms with Gasteiger partial charge < -0.3 is 15.2 Å². The second-order valence-electron chi connectivity index (χ2n) is 5.01. The predicted octanol–water partition coefficient (Wildman–Crippen LogP) is 2.90. The summed E-state index contributed by atoms with van der Waals surface area (Å²) in [6.07, 6.45) is 1.59. The molecule has 0 aliphatic heterocycles. The third kappa shape index (κ3) is 6.19. The van der Waals surface area contributed by atoms with E-state index in [4.69, 9.17) is 4.74 Å². The molecule has 0 bridgehead atoms. The number of ether oxygens (including phenoxy) is 1. The Morgan fingerprint density at radius 3 is 2.42 bits per heavy atom. The summed E-state index contributed by atoms with van der Waals surface area (Å²) in [6, 6.07) is 10.6. The van der Waals surface area contributed by atoms with Gasteiger partial charge in [-0.2, -0.15) is 0 Å². The van der Waals surface area contributed by atoms with Gasteiger partial charge in [-0.3, -0.25) is 0 Å². The van der Waals surface area contributed by atoms with Gasteiger partial charge in [-0.15, -0.1) is 0 Å². The highest BCUT2D eigenvalue weighted by Crippen LogP contribution is 2.20. The van der Waals surface area contributed by atoms with Crippen LogP contribution < -0.4 is 5.32 Å². The Kier molecular flexibility index (Phi) is 7.72. The van der Waals surface area contributed by atoms with Gasteiger partial charge in [0.05, 0.1) is 18.8 Å². The van der Waals surface area contributed by atoms with E-state index in [1.165, 1.54) is 5.56 Å². The first-order chi connectivity index (χ1) is 9.17. The van der Waals surface area contributed by atoms with Gasteiger partial charge in [-0.05, 0) is 25.3 Å². The van der Waals surface area contributed by atoms with E-state index in [0.717, 1.165) is 12.8 Å². The van der Waals surface area contributed by atoms with Crippen molar-refractivity contribution < 1.29 is 9.84 Å². The van der Waals surface area contributed by atoms with Crippen LogP contribution in [0.1, 0.15) is 45.3 Å². The summed E-state index contributed by atoms with van der Waals surface area (Å²) in [6.45, 7) is 7.30. The van der Waals surface area contributed by atoms with Crippen LogP contribution in [0.2, 0.25) is 0 Å². The molecule has 0 aliphatic carbocycles. The molecule has 0 saturated heterocycles. The van der Waals surface area contributed by atoms with Crippen molar-refractivity contribution in [1.29, 1.82) is 0 Å². The quantitative estimate of drug-likeness (QED) is 0.721. The first-order valence-electron chi connectivity index (χ1n) is 7.25. The molecular formula is C16H27NO2. The van der Waals surface area contributed by atoms with Crippen LogP contribution in [0.3, 0.4) is 0 Å². The van der Waals surface area contributed by atoms with Crippen LogP contribution in [0.4, 0.5) is 0 Å². The molecule has 0 heterocycles. The first kappa shape index (κ1) is 16.2. The molecule has 1 aromatic carbocycles. The molecule has 0 amide bonds. The maximum atomic E-state index is 9.90. The van der Waals surface area contributed by atoms with E-state index >= 15 is 0 Å². The van der Waals surface area contributed by atoms with Crippen LogP contribution >= 0.6 is 0 Å². The molecule has 0 fully saturated rings. The number of rotatable bonds is 9. The van der Waals surface area contributed by atoms with Crippen molar-refractivity contribution in [2.24, 2.45) is 0 Å². The highest BCUT2D eigenvalue weighted by atomic mass is 16.5. The smallest absolute Gasteiger partial charge is 0.0898 e. The number of aliphatic hydroxyl groups is 1. The van der Waals surface area contributed by atoms with Crippen molar-refractivity contribution in [2.75, 3.05) is 13.2 Å². The normalized spacial score (nSPS) is 16.0. The highest BCUT2D eigenvalue weighted by Gasteiger charge is 2.12. The molecule has 0 aromatic heterocycles. The topological polar surface area (TPSA) is 41.5 Å². The fraction of sp³-hybridized carbons (Fsp3) is 0.625. The van der Waals surface area contributed by atoms with Gasteiger partial charge in [-0.1, -0.05) is 44.2 Å². The average molecular weight is 265 g/mol. The third-order valence-electron chi connectivity index (χ3n) is 3.35. The largest absolute Gasteiger partial charge is 0.389 e. The van der Waals surface area contributed by atoms with Gasteiger partial charge in [0.2, 0.25) is 0 Å². The summed E-state index contributed by atoms with van der Waals surface area (Å²) in [5.41, 5.74) is 1.17. The molecule has 1 rings (SSSR count). The molecular weight excluding hydrogens is 238 g/mol. The average Bonchev–Trinajstić information content (AvgIpc) is 2.46. The van der Waals surface area contributed by atoms with Crippen molar-refractivity contribution in [3.8, 4) is 0 Å². The predicted molar refractivity (Wildman–Crippen MR) is 79.2 cm³/mol. The number of nitrogens with one attached hydrogen (secondary N) is 1. The van der Waals surface area contributed by atoms with Crippen LogP contribution in [0.25, 0.3) is 0 Å². The number of benzene rings is 1. The number of hydrogen-bond acceptors (Lipinski definition) is 3. The van der Waals surface area contributed by atoms with E-state index in [0.29, 0.717) is 19.2 Å². The summed E-state index contributed by atoms with van der Waals surface area (Å²) in [5.74, 6) is 0. The lowest BCUT2D eigenvalue weighted by Crippen LogP contribution is -2.35. The van der Waals surface area contributed by atoms with Gasteiger partial charge in [0.15, 0.2) is 0 Å². The highest BCUT2D eigenvalue weighted by molar-refractivity contribution is 5.17. The molecule has 0 spiro atoms. The van der Waals surface area contributed by atoms with E-state index in [2.05, 4.69) is 38.2 Å². The lowest BCUT2D eigenvalue weighted by Gasteiger charge is -2.20. The minimum Gasteiger partial charge on any atom is -0.389 e. The van der Waals surface area contributed by atoms with E-state index in [-0.39, 0.29) is 6.10 Å². The zero-order chi connectivity index (χ0) is 14.1. The van der Waals surface area contributed by atoms with Crippen LogP contribution in [0.5, 0.6) is 0 Å². The zero-order valence-electron chi connectivity index (χ0n) is 12.3. The summed E-state index contributed by atoms with van der Waals surface area (Å²) in [4.78, 5) is 0. The molecule has 0 radical (unpaired) electrons. The van der Waals surface area contributed by atoms with Crippen molar-refractivity contribution in [3.63, 3.8) is 0 Å². The number of hydrogen-bond donors (Lipinski definition) is 2. The lowest BCUT2D eigenvalue weighted by molar-refractivity contribution is -0.0120. The molecule has 1 aromatic rings. The second kappa shape index (κ2) is 9.08. The monoisotopic (exact) mass is 265 g/mol. The summed E-state index contributed by atoms with van der Waals surface area (Å²) in [5, 5.41) is 13.2. The molecule has 3 atom stereocenters. The lowest BCUT2D eigenvalue weighted by atomic mass is 10.1. The molecule has 3 nitrogen and oxygen atoms in total. The molecule has 0 aliphatic rings. The van der Waals surface area contributed by atoms with E-state index in [1.54, 1.807) is 0 Å². The molecule has 19 heavy (non-hydrogen) atoms. The molecule has 3 heteroatoms. The Labute approximate surface area is 117 Å². The summed E-state index contributed by atoms with van der Waals surface area (Å²) >= 11 is 0. The fourth-order valence-corrected chi connectivity index (χ4v) is 1.89. The third-order valence-corrected chi connectivity index (χ3v) is 3.35. The van der Waals surface area contributed by atoms with Crippen molar-refractivity contribution in [3.05, 3.63) is 35.9 Å². The SMILES string of the molecule is CC[C@H](C)NC[C@H](O)CO[C@H](CC)c1ccccc1. The van der Waals surface area contributed by atoms with Gasteiger partial charge >= 0.3 is 0 Å². The molecule has 0 saturated carbocycles. The van der Waals surface area contributed by atoms with Crippen LogP contribution in [0.15, 0.2) is 30.3 Å². The maximum Gasteiger partial charge on any atom is 0.0898 e. The Hall–Kier alpha value is -0.900. The zero-order valence-corrected chi connectivity index (χ0v) is 12.3. The molecule has 108 valence electrons. The molecule has 2 N–H and O–H groups in total. The minimum atomic E-state index is -0.452. The second-order valence-corrected chi connectivity index (χ2v) is 5.01. The Morgan fingerprint density at radius 2 is 1.84 bits per heavy atom. The van der Waals surface area contributed by atoms with Gasteiger partial charge in [0.1, 0.15) is 0 Å². The van der Waals surface area contributed by atoms with Crippen molar-refractivity contribution in [1.82, 2.24) is 5.32 Å². The van der Waals surface area contributed by atoms with Gasteiger partial charge in [0.25, 0.3) is 0 Å². The summed E-state index contributed by atoms with van der Waals surface area (Å²) in [7, 11) is 0. The van der Waals surface area contributed by atoms with E-state index in [1.807, 2.05) is 18.2 Å². The minimum absolute atomic E-state index is 0.0689. The van der Waals surface area contributed by atoms with Crippen LogP contribution in [-0.4, -0.2) is 30.4 Å². The Balaban J connectivity index is 2.33. The van der Waals surface area contributed by atoms with Crippen LogP contribution in [-0.2, 0) is 4.74 Å². The van der Waals surface area contributed by atoms with E-state index < -0.39 is 6.10 Å². The fourth-order valence-electron chi connectivity index (χ4n) is 1.89. The van der Waals surface area contributed by atoms with Gasteiger partial charge in [-0.25, -0.2) is 0 Å².